The molecule has 0 aliphatic carbocycles. The van der Waals surface area contributed by atoms with Crippen LogP contribution in [0.15, 0.2) is 43.0 Å². The molecule has 0 spiro atoms. The first kappa shape index (κ1) is 13.8. The topological polar surface area (TPSA) is 35.6 Å². The standard InChI is InChI=1S/C15H14ClFN4/c1-10(11-8-19-20(2)9-11)21-7-6-18-15(21)14-12(16)4-3-5-13(14)17/h3-10H,1-2H3. The summed E-state index contributed by atoms with van der Waals surface area (Å²) < 4.78 is 17.7. The third-order valence-electron chi connectivity index (χ3n) is 3.48. The fraction of sp³-hybridized carbons (Fsp3) is 0.200. The third kappa shape index (κ3) is 2.45. The van der Waals surface area contributed by atoms with Crippen molar-refractivity contribution in [2.75, 3.05) is 0 Å². The number of aromatic nitrogens is 4. The maximum Gasteiger partial charge on any atom is 0.144 e. The summed E-state index contributed by atoms with van der Waals surface area (Å²) in [5.74, 6) is 0.128. The number of benzene rings is 1. The van der Waals surface area contributed by atoms with Crippen molar-refractivity contribution in [2.45, 2.75) is 13.0 Å². The summed E-state index contributed by atoms with van der Waals surface area (Å²) in [6, 6.07) is 4.61. The van der Waals surface area contributed by atoms with Gasteiger partial charge in [-0.15, -0.1) is 0 Å². The first-order chi connectivity index (χ1) is 10.1. The highest BCUT2D eigenvalue weighted by atomic mass is 35.5. The smallest absolute Gasteiger partial charge is 0.144 e. The van der Waals surface area contributed by atoms with Gasteiger partial charge in [0.2, 0.25) is 0 Å². The van der Waals surface area contributed by atoms with E-state index in [-0.39, 0.29) is 11.9 Å². The molecule has 0 saturated heterocycles. The van der Waals surface area contributed by atoms with Crippen molar-refractivity contribution < 1.29 is 4.39 Å². The lowest BCUT2D eigenvalue weighted by atomic mass is 10.1. The van der Waals surface area contributed by atoms with E-state index in [0.717, 1.165) is 5.56 Å². The fourth-order valence-corrected chi connectivity index (χ4v) is 2.59. The van der Waals surface area contributed by atoms with Crippen molar-refractivity contribution in [3.05, 3.63) is 59.4 Å². The number of imidazole rings is 1. The Morgan fingerprint density at radius 3 is 2.81 bits per heavy atom. The molecule has 4 nitrogen and oxygen atoms in total. The van der Waals surface area contributed by atoms with E-state index in [2.05, 4.69) is 10.1 Å². The number of hydrogen-bond donors (Lipinski definition) is 0. The summed E-state index contributed by atoms with van der Waals surface area (Å²) in [4.78, 5) is 4.27. The molecule has 0 aliphatic heterocycles. The van der Waals surface area contributed by atoms with Crippen LogP contribution in [0.2, 0.25) is 5.02 Å². The monoisotopic (exact) mass is 304 g/mol. The van der Waals surface area contributed by atoms with Gasteiger partial charge in [0.15, 0.2) is 0 Å². The van der Waals surface area contributed by atoms with Crippen LogP contribution in [0.25, 0.3) is 11.4 Å². The van der Waals surface area contributed by atoms with Crippen LogP contribution < -0.4 is 0 Å². The lowest BCUT2D eigenvalue weighted by Gasteiger charge is -2.16. The number of rotatable bonds is 3. The highest BCUT2D eigenvalue weighted by molar-refractivity contribution is 6.33. The summed E-state index contributed by atoms with van der Waals surface area (Å²) in [7, 11) is 1.86. The fourth-order valence-electron chi connectivity index (χ4n) is 2.35. The molecule has 0 bridgehead atoms. The van der Waals surface area contributed by atoms with E-state index in [1.165, 1.54) is 6.07 Å². The SMILES string of the molecule is CC(c1cnn(C)c1)n1ccnc1-c1c(F)cccc1Cl. The van der Waals surface area contributed by atoms with E-state index >= 15 is 0 Å². The Labute approximate surface area is 126 Å². The average molecular weight is 305 g/mol. The summed E-state index contributed by atoms with van der Waals surface area (Å²) in [6.45, 7) is 2.01. The van der Waals surface area contributed by atoms with Gasteiger partial charge in [-0.2, -0.15) is 5.10 Å². The van der Waals surface area contributed by atoms with Gasteiger partial charge in [0.25, 0.3) is 0 Å². The number of aryl methyl sites for hydroxylation is 1. The van der Waals surface area contributed by atoms with Crippen LogP contribution >= 0.6 is 11.6 Å². The van der Waals surface area contributed by atoms with E-state index in [1.54, 1.807) is 29.2 Å². The van der Waals surface area contributed by atoms with Gasteiger partial charge in [-0.25, -0.2) is 9.37 Å². The van der Waals surface area contributed by atoms with E-state index < -0.39 is 0 Å². The lowest BCUT2D eigenvalue weighted by Crippen LogP contribution is -2.08. The van der Waals surface area contributed by atoms with Crippen LogP contribution in [0, 0.1) is 5.82 Å². The zero-order chi connectivity index (χ0) is 15.0. The largest absolute Gasteiger partial charge is 0.324 e. The van der Waals surface area contributed by atoms with E-state index in [4.69, 9.17) is 11.6 Å². The Morgan fingerprint density at radius 1 is 1.33 bits per heavy atom. The minimum atomic E-state index is -0.381. The van der Waals surface area contributed by atoms with Crippen LogP contribution in [-0.2, 0) is 7.05 Å². The van der Waals surface area contributed by atoms with Crippen molar-refractivity contribution in [2.24, 2.45) is 7.05 Å². The molecule has 1 unspecified atom stereocenters. The third-order valence-corrected chi connectivity index (χ3v) is 3.79. The van der Waals surface area contributed by atoms with Crippen molar-refractivity contribution >= 4 is 11.6 Å². The highest BCUT2D eigenvalue weighted by Gasteiger charge is 2.19. The van der Waals surface area contributed by atoms with Gasteiger partial charge < -0.3 is 4.57 Å². The molecule has 0 saturated carbocycles. The average Bonchev–Trinajstić information content (AvgIpc) is 3.07. The van der Waals surface area contributed by atoms with Gasteiger partial charge in [0.05, 0.1) is 22.8 Å². The molecule has 1 atom stereocenters. The lowest BCUT2D eigenvalue weighted by molar-refractivity contribution is 0.616. The second kappa shape index (κ2) is 5.33. The summed E-state index contributed by atoms with van der Waals surface area (Å²) in [5, 5.41) is 4.52. The molecule has 3 rings (SSSR count). The predicted molar refractivity (Wildman–Crippen MR) is 79.7 cm³/mol. The maximum atomic E-state index is 14.1. The second-order valence-corrected chi connectivity index (χ2v) is 5.29. The number of halogens is 2. The summed E-state index contributed by atoms with van der Waals surface area (Å²) in [6.07, 6.45) is 7.18. The Kier molecular flexibility index (Phi) is 3.51. The Balaban J connectivity index is 2.09. The first-order valence-electron chi connectivity index (χ1n) is 6.53. The van der Waals surface area contributed by atoms with Gasteiger partial charge in [-0.1, -0.05) is 17.7 Å². The van der Waals surface area contributed by atoms with Crippen molar-refractivity contribution in [3.8, 4) is 11.4 Å². The van der Waals surface area contributed by atoms with E-state index in [9.17, 15) is 4.39 Å². The van der Waals surface area contributed by atoms with Gasteiger partial charge in [0, 0.05) is 31.2 Å². The van der Waals surface area contributed by atoms with Crippen molar-refractivity contribution in [1.29, 1.82) is 0 Å². The second-order valence-electron chi connectivity index (χ2n) is 4.88. The molecule has 0 fully saturated rings. The minimum absolute atomic E-state index is 0.0214. The summed E-state index contributed by atoms with van der Waals surface area (Å²) in [5.41, 5.74) is 1.34. The van der Waals surface area contributed by atoms with Gasteiger partial charge in [0.1, 0.15) is 11.6 Å². The molecule has 21 heavy (non-hydrogen) atoms. The van der Waals surface area contributed by atoms with Gasteiger partial charge in [-0.05, 0) is 19.1 Å². The van der Waals surface area contributed by atoms with Crippen LogP contribution in [0.5, 0.6) is 0 Å². The molecular formula is C15H14ClFN4. The van der Waals surface area contributed by atoms with Crippen LogP contribution in [0.4, 0.5) is 4.39 Å². The van der Waals surface area contributed by atoms with Crippen LogP contribution in [0.3, 0.4) is 0 Å². The molecule has 3 aromatic rings. The Morgan fingerprint density at radius 2 is 2.14 bits per heavy atom. The zero-order valence-electron chi connectivity index (χ0n) is 11.7. The normalized spacial score (nSPS) is 12.6. The first-order valence-corrected chi connectivity index (χ1v) is 6.91. The molecule has 108 valence electrons. The van der Waals surface area contributed by atoms with Crippen LogP contribution in [-0.4, -0.2) is 19.3 Å². The van der Waals surface area contributed by atoms with E-state index in [0.29, 0.717) is 16.4 Å². The van der Waals surface area contributed by atoms with Gasteiger partial charge in [-0.3, -0.25) is 4.68 Å². The van der Waals surface area contributed by atoms with Crippen LogP contribution in [0.1, 0.15) is 18.5 Å². The molecule has 1 aromatic carbocycles. The molecular weight excluding hydrogens is 291 g/mol. The molecule has 2 aromatic heterocycles. The molecule has 2 heterocycles. The van der Waals surface area contributed by atoms with Crippen molar-refractivity contribution in [3.63, 3.8) is 0 Å². The Bertz CT molecular complexity index is 757. The Hall–Kier alpha value is -2.14. The molecule has 0 N–H and O–H groups in total. The maximum absolute atomic E-state index is 14.1. The predicted octanol–water partition coefficient (Wildman–Crippen LogP) is 3.69. The number of nitrogens with zero attached hydrogens (tertiary/aromatic N) is 4. The zero-order valence-corrected chi connectivity index (χ0v) is 12.4. The van der Waals surface area contributed by atoms with Gasteiger partial charge >= 0.3 is 0 Å². The molecule has 0 radical (unpaired) electrons. The van der Waals surface area contributed by atoms with Crippen molar-refractivity contribution in [1.82, 2.24) is 19.3 Å². The molecule has 6 heteroatoms. The highest BCUT2D eigenvalue weighted by Crippen LogP contribution is 2.32. The number of hydrogen-bond acceptors (Lipinski definition) is 2. The minimum Gasteiger partial charge on any atom is -0.324 e. The van der Waals surface area contributed by atoms with E-state index in [1.807, 2.05) is 30.9 Å². The molecule has 0 aliphatic rings. The molecule has 0 amide bonds. The summed E-state index contributed by atoms with van der Waals surface area (Å²) >= 11 is 6.14. The quantitative estimate of drug-likeness (QED) is 0.740.